The Labute approximate surface area is 375 Å². The summed E-state index contributed by atoms with van der Waals surface area (Å²) in [6.07, 6.45) is 6.00. The number of benzene rings is 3. The molecule has 3 aromatic carbocycles. The Balaban J connectivity index is 0.883. The van der Waals surface area contributed by atoms with Crippen LogP contribution in [0.1, 0.15) is 12.5 Å². The molecule has 1 N–H and O–H groups in total. The first kappa shape index (κ1) is 43.4. The SMILES string of the molecule is C=C(C)C(=O)Oc1ccc([N+](=C2C=CC(C3C(=O)C(c4ccc(N(c5ccc(OCC6CO6)cc5)C(COC5CO5)OCC5CO5)cc4)=C3O)C=C2)C(OCC2CO2)OCC2CO2)cc1. The molecule has 340 valence electrons. The third-order valence-electron chi connectivity index (χ3n) is 11.5. The quantitative estimate of drug-likeness (QED) is 0.0305. The van der Waals surface area contributed by atoms with E-state index in [1.165, 1.54) is 0 Å². The third kappa shape index (κ3) is 11.0. The molecular weight excluding hydrogens is 841 g/mol. The molecule has 65 heavy (non-hydrogen) atoms. The molecule has 0 spiro atoms. The summed E-state index contributed by atoms with van der Waals surface area (Å²) in [6.45, 7) is 10.1. The second-order valence-electron chi connectivity index (χ2n) is 16.8. The topological polar surface area (TPSA) is 179 Å². The smallest absolute Gasteiger partial charge is 0.382 e. The highest BCUT2D eigenvalue weighted by Gasteiger charge is 2.45. The number of hydrogen-bond acceptors (Lipinski definition) is 15. The molecule has 0 radical (unpaired) electrons. The van der Waals surface area contributed by atoms with Gasteiger partial charge in [-0.05, 0) is 61.0 Å². The summed E-state index contributed by atoms with van der Waals surface area (Å²) in [5.74, 6) is -0.762. The normalized spacial score (nSPS) is 26.5. The summed E-state index contributed by atoms with van der Waals surface area (Å²) in [5.41, 5.74) is 4.18. The first-order valence-electron chi connectivity index (χ1n) is 21.9. The fourth-order valence-electron chi connectivity index (χ4n) is 7.45. The van der Waals surface area contributed by atoms with Crippen LogP contribution in [0.3, 0.4) is 0 Å². The van der Waals surface area contributed by atoms with Crippen LogP contribution >= 0.6 is 0 Å². The van der Waals surface area contributed by atoms with Gasteiger partial charge in [0.25, 0.3) is 0 Å². The summed E-state index contributed by atoms with van der Waals surface area (Å²) in [7, 11) is 0. The Kier molecular flexibility index (Phi) is 12.8. The van der Waals surface area contributed by atoms with Gasteiger partial charge in [-0.3, -0.25) is 14.3 Å². The number of aliphatic hydroxyl groups excluding tert-OH is 1. The Morgan fingerprint density at radius 3 is 1.83 bits per heavy atom. The summed E-state index contributed by atoms with van der Waals surface area (Å²) in [5, 5.41) is 11.6. The molecule has 16 heteroatoms. The van der Waals surface area contributed by atoms with E-state index in [1.807, 2.05) is 82.3 Å². The van der Waals surface area contributed by atoms with Gasteiger partial charge >= 0.3 is 12.4 Å². The van der Waals surface area contributed by atoms with Crippen molar-refractivity contribution >= 4 is 40.1 Å². The number of allylic oxidation sites excluding steroid dienone is 6. The van der Waals surface area contributed by atoms with E-state index >= 15 is 0 Å². The van der Waals surface area contributed by atoms with Crippen molar-refractivity contribution in [1.29, 1.82) is 0 Å². The van der Waals surface area contributed by atoms with Crippen LogP contribution in [-0.2, 0) is 52.2 Å². The van der Waals surface area contributed by atoms with E-state index in [0.29, 0.717) is 82.2 Å². The first-order valence-corrected chi connectivity index (χ1v) is 21.9. The van der Waals surface area contributed by atoms with Crippen molar-refractivity contribution in [2.45, 2.75) is 50.3 Å². The maximum absolute atomic E-state index is 14.0. The van der Waals surface area contributed by atoms with Crippen molar-refractivity contribution in [2.75, 3.05) is 71.0 Å². The number of epoxide rings is 5. The van der Waals surface area contributed by atoms with Crippen LogP contribution in [0.25, 0.3) is 5.57 Å². The van der Waals surface area contributed by atoms with Gasteiger partial charge in [-0.1, -0.05) is 30.9 Å². The zero-order chi connectivity index (χ0) is 44.4. The van der Waals surface area contributed by atoms with E-state index in [-0.39, 0.29) is 60.0 Å². The number of hydrogen-bond donors (Lipinski definition) is 1. The molecule has 10 rings (SSSR count). The zero-order valence-corrected chi connectivity index (χ0v) is 35.9. The van der Waals surface area contributed by atoms with Crippen molar-refractivity contribution < 1.29 is 71.4 Å². The van der Waals surface area contributed by atoms with Crippen LogP contribution in [0, 0.1) is 11.8 Å². The van der Waals surface area contributed by atoms with Gasteiger partial charge < -0.3 is 52.6 Å². The number of esters is 1. The van der Waals surface area contributed by atoms with Crippen LogP contribution in [0.2, 0.25) is 0 Å². The highest BCUT2D eigenvalue weighted by molar-refractivity contribution is 6.30. The van der Waals surface area contributed by atoms with Gasteiger partial charge in [-0.2, -0.15) is 0 Å². The molecule has 0 saturated carbocycles. The van der Waals surface area contributed by atoms with Crippen molar-refractivity contribution in [3.05, 3.63) is 121 Å². The lowest BCUT2D eigenvalue weighted by atomic mass is 9.71. The molecule has 7 unspecified atom stereocenters. The summed E-state index contributed by atoms with van der Waals surface area (Å²) >= 11 is 0. The largest absolute Gasteiger partial charge is 0.511 e. The number of rotatable bonds is 24. The fraction of sp³-hybridized carbons (Fsp3) is 0.408. The molecule has 7 atom stereocenters. The zero-order valence-electron chi connectivity index (χ0n) is 35.9. The number of aliphatic hydroxyl groups is 1. The predicted molar refractivity (Wildman–Crippen MR) is 232 cm³/mol. The molecule has 2 aliphatic carbocycles. The summed E-state index contributed by atoms with van der Waals surface area (Å²) in [4.78, 5) is 28.2. The van der Waals surface area contributed by atoms with Gasteiger partial charge in [0.1, 0.15) is 54.9 Å². The van der Waals surface area contributed by atoms with Gasteiger partial charge in [0.2, 0.25) is 11.4 Å². The Bertz CT molecular complexity index is 2310. The molecule has 5 heterocycles. The molecule has 16 nitrogen and oxygen atoms in total. The monoisotopic (exact) mass is 891 g/mol. The Morgan fingerprint density at radius 1 is 0.754 bits per heavy atom. The van der Waals surface area contributed by atoms with Gasteiger partial charge in [0.15, 0.2) is 18.3 Å². The molecule has 7 aliphatic rings. The van der Waals surface area contributed by atoms with Crippen LogP contribution < -0.4 is 14.4 Å². The number of nitrogens with zero attached hydrogens (tertiary/aromatic N) is 2. The third-order valence-corrected chi connectivity index (χ3v) is 11.5. The van der Waals surface area contributed by atoms with E-state index in [9.17, 15) is 14.7 Å². The van der Waals surface area contributed by atoms with E-state index < -0.39 is 30.4 Å². The van der Waals surface area contributed by atoms with Crippen molar-refractivity contribution in [1.82, 2.24) is 0 Å². The van der Waals surface area contributed by atoms with Gasteiger partial charge in [0, 0.05) is 47.2 Å². The molecule has 5 aliphatic heterocycles. The van der Waals surface area contributed by atoms with Gasteiger partial charge in [-0.15, -0.1) is 4.58 Å². The molecule has 0 aromatic heterocycles. The highest BCUT2D eigenvalue weighted by atomic mass is 16.8. The summed E-state index contributed by atoms with van der Waals surface area (Å²) in [6, 6.07) is 22.2. The van der Waals surface area contributed by atoms with Crippen LogP contribution in [0.4, 0.5) is 17.1 Å². The molecule has 0 bridgehead atoms. The van der Waals surface area contributed by atoms with Crippen molar-refractivity contribution in [3.8, 4) is 11.5 Å². The maximum atomic E-state index is 14.0. The molecular formula is C49H51N2O14+. The average Bonchev–Trinajstić information content (AvgIpc) is 4.09. The lowest BCUT2D eigenvalue weighted by molar-refractivity contribution is -0.605. The standard InChI is InChI=1S/C49H50N2O14/c1-29(2)48(54)65-37-17-13-35(14-18-37)51(49(63-25-40-22-58-40)64-26-41-23-59-41)34-9-5-31(6-10-34)45-46(52)44(47(45)53)30-3-7-32(8-4-30)50(33-11-15-36(16-12-33)55-19-38-20-56-38)42(27-61-43-28-62-43)60-24-39-21-57-39/h3-18,31,38-43,45,49H,1,19-28H2,2H3/p+1. The number of carbonyl (C=O) groups excluding carboxylic acids is 2. The van der Waals surface area contributed by atoms with E-state index in [0.717, 1.165) is 17.1 Å². The Hall–Kier alpha value is -5.53. The number of anilines is 2. The maximum Gasteiger partial charge on any atom is 0.382 e. The second-order valence-corrected chi connectivity index (χ2v) is 16.8. The van der Waals surface area contributed by atoms with Crippen molar-refractivity contribution in [3.63, 3.8) is 0 Å². The summed E-state index contributed by atoms with van der Waals surface area (Å²) < 4.78 is 65.1. The minimum absolute atomic E-state index is 0.0215. The Morgan fingerprint density at radius 2 is 1.29 bits per heavy atom. The van der Waals surface area contributed by atoms with Crippen LogP contribution in [0.5, 0.6) is 11.5 Å². The first-order chi connectivity index (χ1) is 31.7. The number of ether oxygens (including phenoxy) is 11. The highest BCUT2D eigenvalue weighted by Crippen LogP contribution is 2.43. The average molecular weight is 892 g/mol. The van der Waals surface area contributed by atoms with E-state index in [1.54, 1.807) is 31.2 Å². The number of carbonyl (C=O) groups is 2. The predicted octanol–water partition coefficient (Wildman–Crippen LogP) is 5.31. The molecule has 3 aromatic rings. The van der Waals surface area contributed by atoms with Crippen LogP contribution in [-0.4, -0.2) is 137 Å². The van der Waals surface area contributed by atoms with Crippen LogP contribution in [0.15, 0.2) is 115 Å². The van der Waals surface area contributed by atoms with Gasteiger partial charge in [-0.25, -0.2) is 4.79 Å². The second kappa shape index (κ2) is 19.1. The number of ketones is 1. The molecule has 5 saturated heterocycles. The lowest BCUT2D eigenvalue weighted by Gasteiger charge is -2.34. The van der Waals surface area contributed by atoms with Crippen molar-refractivity contribution in [2.24, 2.45) is 11.8 Å². The lowest BCUT2D eigenvalue weighted by Crippen LogP contribution is -2.39. The van der Waals surface area contributed by atoms with E-state index in [2.05, 4.69) is 6.58 Å². The molecule has 0 amide bonds. The van der Waals surface area contributed by atoms with E-state index in [4.69, 9.17) is 52.1 Å². The molecule has 5 fully saturated rings. The van der Waals surface area contributed by atoms with Gasteiger partial charge in [0.05, 0.1) is 64.3 Å². The minimum atomic E-state index is -0.869. The number of Topliss-reactive ketones (excluding diaryl/α,β-unsaturated/α-hetero) is 1. The fourth-order valence-corrected chi connectivity index (χ4v) is 7.45. The minimum Gasteiger partial charge on any atom is -0.511 e.